The molecule has 1 aliphatic rings. The molecule has 1 aliphatic carbocycles. The Morgan fingerprint density at radius 2 is 2.08 bits per heavy atom. The van der Waals surface area contributed by atoms with Gasteiger partial charge < -0.3 is 9.50 Å². The van der Waals surface area contributed by atoms with Crippen LogP contribution >= 0.6 is 25.1 Å². The minimum atomic E-state index is -0.654. The van der Waals surface area contributed by atoms with Gasteiger partial charge in [-0.1, -0.05) is 12.8 Å². The van der Waals surface area contributed by atoms with Gasteiger partial charge in [-0.2, -0.15) is 0 Å². The van der Waals surface area contributed by atoms with Crippen LogP contribution in [0.1, 0.15) is 25.7 Å². The van der Waals surface area contributed by atoms with Crippen molar-refractivity contribution in [3.8, 4) is 0 Å². The molecular weight excluding hydrogens is 208 g/mol. The smallest absolute Gasteiger partial charge is 0.378 e. The molecule has 0 unspecified atom stereocenters. The summed E-state index contributed by atoms with van der Waals surface area (Å²) in [5.74, 6) is 0. The summed E-state index contributed by atoms with van der Waals surface area (Å²) in [5, 5.41) is 5.68. The fourth-order valence-electron chi connectivity index (χ4n) is 1.41. The van der Waals surface area contributed by atoms with Crippen molar-refractivity contribution in [2.75, 3.05) is 0 Å². The maximum atomic E-state index is 10.7. The molecule has 0 aromatic heterocycles. The molecule has 13 heavy (non-hydrogen) atoms. The van der Waals surface area contributed by atoms with E-state index in [4.69, 9.17) is 12.2 Å². The molecule has 0 aliphatic heterocycles. The van der Waals surface area contributed by atoms with Gasteiger partial charge in [0.05, 0.1) is 0 Å². The van der Waals surface area contributed by atoms with Crippen molar-refractivity contribution in [2.45, 2.75) is 31.7 Å². The molecule has 1 saturated carbocycles. The Morgan fingerprint density at radius 1 is 1.46 bits per heavy atom. The van der Waals surface area contributed by atoms with Crippen molar-refractivity contribution >= 4 is 36.3 Å². The van der Waals surface area contributed by atoms with E-state index < -0.39 is 6.09 Å². The van der Waals surface area contributed by atoms with Crippen LogP contribution in [-0.4, -0.2) is 17.2 Å². The molecule has 0 aromatic carbocycles. The van der Waals surface area contributed by atoms with Crippen LogP contribution < -0.4 is 10.6 Å². The van der Waals surface area contributed by atoms with E-state index in [-0.39, 0.29) is 0 Å². The SMILES string of the molecule is O=C(NC(=S)NC1CCCC1)OS. The first-order chi connectivity index (χ1) is 6.22. The van der Waals surface area contributed by atoms with E-state index in [1.165, 1.54) is 12.8 Å². The standard InChI is InChI=1S/C7H12N2O2S2/c10-7(11-13)9-6(12)8-5-3-1-2-4-5/h5,13H,1-4H2,(H2,8,9,10,12). The Bertz CT molecular complexity index is 205. The molecule has 0 heterocycles. The van der Waals surface area contributed by atoms with Gasteiger partial charge in [-0.3, -0.25) is 5.32 Å². The molecule has 6 heteroatoms. The third-order valence-electron chi connectivity index (χ3n) is 1.99. The fraction of sp³-hybridized carbons (Fsp3) is 0.714. The first kappa shape index (κ1) is 10.6. The Labute approximate surface area is 88.0 Å². The maximum absolute atomic E-state index is 10.7. The second-order valence-electron chi connectivity index (χ2n) is 2.96. The molecule has 1 rings (SSSR count). The monoisotopic (exact) mass is 220 g/mol. The Morgan fingerprint density at radius 3 is 2.62 bits per heavy atom. The molecule has 0 spiro atoms. The van der Waals surface area contributed by atoms with Gasteiger partial charge in [0.25, 0.3) is 0 Å². The van der Waals surface area contributed by atoms with Crippen molar-refractivity contribution in [3.63, 3.8) is 0 Å². The third kappa shape index (κ3) is 3.82. The molecule has 0 aromatic rings. The summed E-state index contributed by atoms with van der Waals surface area (Å²) in [7, 11) is 0. The van der Waals surface area contributed by atoms with Crippen LogP contribution in [0, 0.1) is 0 Å². The first-order valence-electron chi connectivity index (χ1n) is 4.15. The van der Waals surface area contributed by atoms with Crippen LogP contribution in [0.25, 0.3) is 0 Å². The average molecular weight is 220 g/mol. The molecule has 0 bridgehead atoms. The maximum Gasteiger partial charge on any atom is 0.425 e. The van der Waals surface area contributed by atoms with E-state index in [0.717, 1.165) is 12.8 Å². The van der Waals surface area contributed by atoms with Gasteiger partial charge in [-0.05, 0) is 25.1 Å². The van der Waals surface area contributed by atoms with E-state index in [1.807, 2.05) is 0 Å². The second-order valence-corrected chi connectivity index (χ2v) is 3.55. The van der Waals surface area contributed by atoms with Crippen LogP contribution in [0.5, 0.6) is 0 Å². The number of nitrogens with one attached hydrogen (secondary N) is 2. The van der Waals surface area contributed by atoms with Gasteiger partial charge in [-0.15, -0.1) is 0 Å². The average Bonchev–Trinajstić information content (AvgIpc) is 2.56. The first-order valence-corrected chi connectivity index (χ1v) is 4.92. The zero-order chi connectivity index (χ0) is 9.68. The molecule has 1 fully saturated rings. The minimum Gasteiger partial charge on any atom is -0.378 e. The van der Waals surface area contributed by atoms with Crippen LogP contribution in [0.15, 0.2) is 0 Å². The van der Waals surface area contributed by atoms with Gasteiger partial charge in [0.2, 0.25) is 0 Å². The largest absolute Gasteiger partial charge is 0.425 e. The number of hydrogen-bond acceptors (Lipinski definition) is 4. The Balaban J connectivity index is 2.20. The summed E-state index contributed by atoms with van der Waals surface area (Å²) >= 11 is 8.22. The predicted molar refractivity (Wildman–Crippen MR) is 56.6 cm³/mol. The number of hydrogen-bond donors (Lipinski definition) is 3. The van der Waals surface area contributed by atoms with Gasteiger partial charge in [0, 0.05) is 19.0 Å². The van der Waals surface area contributed by atoms with E-state index in [9.17, 15) is 4.79 Å². The highest BCUT2D eigenvalue weighted by molar-refractivity contribution is 7.80. The number of carbonyl (C=O) groups excluding carboxylic acids is 1. The topological polar surface area (TPSA) is 50.4 Å². The summed E-state index contributed by atoms with van der Waals surface area (Å²) in [4.78, 5) is 10.7. The van der Waals surface area contributed by atoms with Crippen LogP contribution in [0.3, 0.4) is 0 Å². The summed E-state index contributed by atoms with van der Waals surface area (Å²) in [6.07, 6.45) is 4.00. The number of rotatable bonds is 1. The lowest BCUT2D eigenvalue weighted by molar-refractivity contribution is 0.214. The molecule has 74 valence electrons. The fourth-order valence-corrected chi connectivity index (χ4v) is 1.70. The quantitative estimate of drug-likeness (QED) is 0.355. The summed E-state index contributed by atoms with van der Waals surface area (Å²) in [5.41, 5.74) is 0. The number of thiocarbonyl (C=S) groups is 1. The molecule has 4 nitrogen and oxygen atoms in total. The highest BCUT2D eigenvalue weighted by Gasteiger charge is 2.16. The van der Waals surface area contributed by atoms with Crippen LogP contribution in [0.4, 0.5) is 4.79 Å². The van der Waals surface area contributed by atoms with Crippen molar-refractivity contribution in [1.29, 1.82) is 0 Å². The zero-order valence-corrected chi connectivity index (χ0v) is 8.79. The van der Waals surface area contributed by atoms with Crippen LogP contribution in [0.2, 0.25) is 0 Å². The molecule has 0 radical (unpaired) electrons. The predicted octanol–water partition coefficient (Wildman–Crippen LogP) is 1.37. The third-order valence-corrected chi connectivity index (χ3v) is 2.37. The minimum absolute atomic E-state index is 0.311. The van der Waals surface area contributed by atoms with Gasteiger partial charge in [-0.25, -0.2) is 4.79 Å². The molecule has 0 saturated heterocycles. The molecular formula is C7H12N2O2S2. The number of amides is 1. The lowest BCUT2D eigenvalue weighted by atomic mass is 10.3. The van der Waals surface area contributed by atoms with Gasteiger partial charge in [0.1, 0.15) is 0 Å². The molecule has 2 N–H and O–H groups in total. The van der Waals surface area contributed by atoms with Crippen LogP contribution in [-0.2, 0) is 4.18 Å². The number of carbonyl (C=O) groups is 1. The zero-order valence-electron chi connectivity index (χ0n) is 7.08. The normalized spacial score (nSPS) is 16.7. The van der Waals surface area contributed by atoms with Crippen molar-refractivity contribution in [1.82, 2.24) is 10.6 Å². The highest BCUT2D eigenvalue weighted by atomic mass is 32.1. The van der Waals surface area contributed by atoms with E-state index >= 15 is 0 Å². The van der Waals surface area contributed by atoms with Crippen molar-refractivity contribution in [2.24, 2.45) is 0 Å². The summed E-state index contributed by atoms with van der Waals surface area (Å²) < 4.78 is 4.10. The van der Waals surface area contributed by atoms with Crippen molar-refractivity contribution < 1.29 is 8.98 Å². The summed E-state index contributed by atoms with van der Waals surface area (Å²) in [6.45, 7) is 0. The Kier molecular flexibility index (Phi) is 4.31. The molecule has 1 amide bonds. The summed E-state index contributed by atoms with van der Waals surface area (Å²) in [6, 6.07) is 0.396. The second kappa shape index (κ2) is 5.29. The van der Waals surface area contributed by atoms with E-state index in [2.05, 4.69) is 27.7 Å². The van der Waals surface area contributed by atoms with Gasteiger partial charge >= 0.3 is 6.09 Å². The van der Waals surface area contributed by atoms with E-state index in [0.29, 0.717) is 11.2 Å². The lowest BCUT2D eigenvalue weighted by Crippen LogP contribution is -2.42. The van der Waals surface area contributed by atoms with Gasteiger partial charge in [0.15, 0.2) is 5.11 Å². The molecule has 0 atom stereocenters. The highest BCUT2D eigenvalue weighted by Crippen LogP contribution is 2.17. The van der Waals surface area contributed by atoms with Crippen molar-refractivity contribution in [3.05, 3.63) is 0 Å². The lowest BCUT2D eigenvalue weighted by Gasteiger charge is -2.13. The Hall–Kier alpha value is -0.490. The number of thiol groups is 1. The van der Waals surface area contributed by atoms with E-state index in [1.54, 1.807) is 0 Å².